The quantitative estimate of drug-likeness (QED) is 0.806. The first-order valence-corrected chi connectivity index (χ1v) is 6.49. The molecule has 19 heavy (non-hydrogen) atoms. The molecule has 1 heterocycles. The zero-order valence-corrected chi connectivity index (χ0v) is 11.7. The summed E-state index contributed by atoms with van der Waals surface area (Å²) in [6, 6.07) is 5.82. The van der Waals surface area contributed by atoms with Crippen molar-refractivity contribution in [2.75, 3.05) is 18.9 Å². The fourth-order valence-electron chi connectivity index (χ4n) is 2.05. The molecule has 5 nitrogen and oxygen atoms in total. The molecular formula is C14H20N4O. The van der Waals surface area contributed by atoms with E-state index in [-0.39, 0.29) is 5.91 Å². The SMILES string of the molecule is CNCCCC(=O)Nc1ccc2c(c1)nc(C)n2C. The molecule has 1 aromatic heterocycles. The Morgan fingerprint density at radius 3 is 2.95 bits per heavy atom. The Morgan fingerprint density at radius 2 is 2.21 bits per heavy atom. The molecule has 0 saturated carbocycles. The molecule has 2 aromatic rings. The largest absolute Gasteiger partial charge is 0.331 e. The number of anilines is 1. The predicted molar refractivity (Wildman–Crippen MR) is 77.2 cm³/mol. The minimum absolute atomic E-state index is 0.0438. The molecule has 1 amide bonds. The fraction of sp³-hybridized carbons (Fsp3) is 0.429. The Hall–Kier alpha value is -1.88. The van der Waals surface area contributed by atoms with Gasteiger partial charge in [-0.25, -0.2) is 4.98 Å². The first-order valence-electron chi connectivity index (χ1n) is 6.49. The van der Waals surface area contributed by atoms with E-state index in [1.165, 1.54) is 0 Å². The lowest BCUT2D eigenvalue weighted by Crippen LogP contribution is -2.15. The van der Waals surface area contributed by atoms with Crippen molar-refractivity contribution in [2.45, 2.75) is 19.8 Å². The van der Waals surface area contributed by atoms with Crippen molar-refractivity contribution in [2.24, 2.45) is 7.05 Å². The van der Waals surface area contributed by atoms with Gasteiger partial charge in [-0.05, 0) is 45.1 Å². The molecule has 0 bridgehead atoms. The highest BCUT2D eigenvalue weighted by atomic mass is 16.1. The molecule has 0 aliphatic rings. The van der Waals surface area contributed by atoms with Gasteiger partial charge in [-0.3, -0.25) is 4.79 Å². The lowest BCUT2D eigenvalue weighted by atomic mass is 10.2. The molecule has 0 unspecified atom stereocenters. The third-order valence-corrected chi connectivity index (χ3v) is 3.22. The van der Waals surface area contributed by atoms with E-state index < -0.39 is 0 Å². The van der Waals surface area contributed by atoms with Gasteiger partial charge in [0.05, 0.1) is 11.0 Å². The van der Waals surface area contributed by atoms with Gasteiger partial charge >= 0.3 is 0 Å². The van der Waals surface area contributed by atoms with Crippen molar-refractivity contribution in [3.05, 3.63) is 24.0 Å². The fourth-order valence-corrected chi connectivity index (χ4v) is 2.05. The summed E-state index contributed by atoms with van der Waals surface area (Å²) in [7, 11) is 3.87. The zero-order chi connectivity index (χ0) is 13.8. The van der Waals surface area contributed by atoms with Gasteiger partial charge in [-0.15, -0.1) is 0 Å². The van der Waals surface area contributed by atoms with Gasteiger partial charge in [0.15, 0.2) is 0 Å². The minimum Gasteiger partial charge on any atom is -0.331 e. The molecule has 0 aliphatic heterocycles. The molecule has 0 saturated heterocycles. The van der Waals surface area contributed by atoms with Gasteiger partial charge in [0, 0.05) is 19.2 Å². The van der Waals surface area contributed by atoms with E-state index >= 15 is 0 Å². The number of nitrogens with zero attached hydrogens (tertiary/aromatic N) is 2. The molecule has 0 spiro atoms. The average molecular weight is 260 g/mol. The van der Waals surface area contributed by atoms with Gasteiger partial charge in [0.1, 0.15) is 5.82 Å². The summed E-state index contributed by atoms with van der Waals surface area (Å²) in [6.07, 6.45) is 1.37. The van der Waals surface area contributed by atoms with Crippen LogP contribution in [-0.4, -0.2) is 29.1 Å². The van der Waals surface area contributed by atoms with E-state index in [0.717, 1.165) is 35.5 Å². The number of aromatic nitrogens is 2. The van der Waals surface area contributed by atoms with Gasteiger partial charge in [-0.2, -0.15) is 0 Å². The third-order valence-electron chi connectivity index (χ3n) is 3.22. The van der Waals surface area contributed by atoms with Crippen LogP contribution in [0.4, 0.5) is 5.69 Å². The molecule has 0 fully saturated rings. The van der Waals surface area contributed by atoms with Gasteiger partial charge in [-0.1, -0.05) is 0 Å². The normalized spacial score (nSPS) is 10.9. The lowest BCUT2D eigenvalue weighted by molar-refractivity contribution is -0.116. The number of nitrogens with one attached hydrogen (secondary N) is 2. The van der Waals surface area contributed by atoms with E-state index in [4.69, 9.17) is 0 Å². The number of carbonyl (C=O) groups is 1. The summed E-state index contributed by atoms with van der Waals surface area (Å²) >= 11 is 0. The van der Waals surface area contributed by atoms with Crippen LogP contribution < -0.4 is 10.6 Å². The van der Waals surface area contributed by atoms with Gasteiger partial charge in [0.2, 0.25) is 5.91 Å². The van der Waals surface area contributed by atoms with Crippen LogP contribution in [0.2, 0.25) is 0 Å². The Kier molecular flexibility index (Phi) is 4.16. The van der Waals surface area contributed by atoms with Crippen LogP contribution in [0.5, 0.6) is 0 Å². The number of hydrogen-bond donors (Lipinski definition) is 2. The Labute approximate surface area is 113 Å². The lowest BCUT2D eigenvalue weighted by Gasteiger charge is -2.05. The predicted octanol–water partition coefficient (Wildman–Crippen LogP) is 1.82. The van der Waals surface area contributed by atoms with Crippen molar-refractivity contribution in [1.82, 2.24) is 14.9 Å². The summed E-state index contributed by atoms with van der Waals surface area (Å²) in [5.41, 5.74) is 2.79. The number of hydrogen-bond acceptors (Lipinski definition) is 3. The molecule has 2 rings (SSSR count). The number of imidazole rings is 1. The Morgan fingerprint density at radius 1 is 1.42 bits per heavy atom. The zero-order valence-electron chi connectivity index (χ0n) is 11.7. The smallest absolute Gasteiger partial charge is 0.224 e. The highest BCUT2D eigenvalue weighted by Crippen LogP contribution is 2.19. The number of carbonyl (C=O) groups excluding carboxylic acids is 1. The van der Waals surface area contributed by atoms with E-state index in [9.17, 15) is 4.79 Å². The molecule has 0 radical (unpaired) electrons. The van der Waals surface area contributed by atoms with Gasteiger partial charge < -0.3 is 15.2 Å². The minimum atomic E-state index is 0.0438. The number of rotatable bonds is 5. The average Bonchev–Trinajstić information content (AvgIpc) is 2.65. The van der Waals surface area contributed by atoms with Crippen molar-refractivity contribution < 1.29 is 4.79 Å². The number of amides is 1. The first-order chi connectivity index (χ1) is 9.11. The van der Waals surface area contributed by atoms with Gasteiger partial charge in [0.25, 0.3) is 0 Å². The van der Waals surface area contributed by atoms with Crippen LogP contribution in [0, 0.1) is 6.92 Å². The number of fused-ring (bicyclic) bond motifs is 1. The third kappa shape index (κ3) is 3.12. The number of benzene rings is 1. The maximum Gasteiger partial charge on any atom is 0.224 e. The molecule has 2 N–H and O–H groups in total. The summed E-state index contributed by atoms with van der Waals surface area (Å²) in [5.74, 6) is 1.01. The Bertz CT molecular complexity index is 588. The molecular weight excluding hydrogens is 240 g/mol. The second-order valence-electron chi connectivity index (χ2n) is 4.68. The first kappa shape index (κ1) is 13.5. The van der Waals surface area contributed by atoms with E-state index in [1.807, 2.05) is 43.8 Å². The summed E-state index contributed by atoms with van der Waals surface area (Å²) in [5, 5.41) is 5.93. The molecule has 1 aromatic carbocycles. The molecule has 5 heteroatoms. The van der Waals surface area contributed by atoms with Crippen molar-refractivity contribution in [3.8, 4) is 0 Å². The van der Waals surface area contributed by atoms with Crippen LogP contribution in [0.3, 0.4) is 0 Å². The van der Waals surface area contributed by atoms with Crippen molar-refractivity contribution in [3.63, 3.8) is 0 Å². The molecule has 102 valence electrons. The van der Waals surface area contributed by atoms with Crippen LogP contribution in [0.25, 0.3) is 11.0 Å². The summed E-state index contributed by atoms with van der Waals surface area (Å²) in [6.45, 7) is 2.82. The van der Waals surface area contributed by atoms with Crippen LogP contribution in [0.1, 0.15) is 18.7 Å². The van der Waals surface area contributed by atoms with Crippen LogP contribution in [0.15, 0.2) is 18.2 Å². The second-order valence-corrected chi connectivity index (χ2v) is 4.68. The van der Waals surface area contributed by atoms with E-state index in [2.05, 4.69) is 15.6 Å². The summed E-state index contributed by atoms with van der Waals surface area (Å²) in [4.78, 5) is 16.2. The van der Waals surface area contributed by atoms with Crippen molar-refractivity contribution in [1.29, 1.82) is 0 Å². The van der Waals surface area contributed by atoms with Crippen molar-refractivity contribution >= 4 is 22.6 Å². The second kappa shape index (κ2) is 5.84. The highest BCUT2D eigenvalue weighted by molar-refractivity contribution is 5.93. The maximum absolute atomic E-state index is 11.7. The van der Waals surface area contributed by atoms with Crippen LogP contribution >= 0.6 is 0 Å². The maximum atomic E-state index is 11.7. The summed E-state index contributed by atoms with van der Waals surface area (Å²) < 4.78 is 2.04. The Balaban J connectivity index is 2.07. The van der Waals surface area contributed by atoms with Crippen LogP contribution in [-0.2, 0) is 11.8 Å². The topological polar surface area (TPSA) is 59.0 Å². The molecule has 0 aliphatic carbocycles. The molecule has 0 atom stereocenters. The monoisotopic (exact) mass is 260 g/mol. The highest BCUT2D eigenvalue weighted by Gasteiger charge is 2.06. The number of aryl methyl sites for hydroxylation is 2. The standard InChI is InChI=1S/C14H20N4O/c1-10-16-12-9-11(6-7-13(12)18(10)3)17-14(19)5-4-8-15-2/h6-7,9,15H,4-5,8H2,1-3H3,(H,17,19). The van der Waals surface area contributed by atoms with E-state index in [1.54, 1.807) is 0 Å². The van der Waals surface area contributed by atoms with E-state index in [0.29, 0.717) is 6.42 Å².